The molecule has 15 heavy (non-hydrogen) atoms. The topological polar surface area (TPSA) is 26.3 Å². The lowest BCUT2D eigenvalue weighted by atomic mass is 9.76. The van der Waals surface area contributed by atoms with Crippen molar-refractivity contribution in [1.82, 2.24) is 0 Å². The van der Waals surface area contributed by atoms with E-state index in [1.54, 1.807) is 0 Å². The molecule has 0 aliphatic rings. The van der Waals surface area contributed by atoms with Gasteiger partial charge in [-0.1, -0.05) is 32.8 Å². The van der Waals surface area contributed by atoms with Gasteiger partial charge in [-0.05, 0) is 25.2 Å². The maximum absolute atomic E-state index is 11.5. The number of rotatable bonds is 8. The summed E-state index contributed by atoms with van der Waals surface area (Å²) < 4.78 is 5.01. The van der Waals surface area contributed by atoms with Gasteiger partial charge in [0.2, 0.25) is 0 Å². The van der Waals surface area contributed by atoms with Crippen molar-refractivity contribution < 1.29 is 9.53 Å². The first-order valence-corrected chi connectivity index (χ1v) is 5.93. The third-order valence-corrected chi connectivity index (χ3v) is 2.73. The summed E-state index contributed by atoms with van der Waals surface area (Å²) in [5.74, 6) is -0.0979. The zero-order valence-corrected chi connectivity index (χ0v) is 10.3. The first-order valence-electron chi connectivity index (χ1n) is 5.93. The van der Waals surface area contributed by atoms with Gasteiger partial charge in [0.05, 0.1) is 13.0 Å². The van der Waals surface area contributed by atoms with E-state index in [1.165, 1.54) is 0 Å². The molecule has 88 valence electrons. The summed E-state index contributed by atoms with van der Waals surface area (Å²) in [6.07, 6.45) is 6.60. The molecule has 0 aromatic carbocycles. The molecule has 0 atom stereocenters. The summed E-state index contributed by atoms with van der Waals surface area (Å²) in [4.78, 5) is 11.5. The van der Waals surface area contributed by atoms with Crippen molar-refractivity contribution >= 4 is 5.97 Å². The second kappa shape index (κ2) is 7.49. The number of allylic oxidation sites excluding steroid dienone is 1. The summed E-state index contributed by atoms with van der Waals surface area (Å²) in [6.45, 7) is 10.5. The van der Waals surface area contributed by atoms with E-state index in [4.69, 9.17) is 4.74 Å². The Morgan fingerprint density at radius 2 is 1.80 bits per heavy atom. The molecule has 0 fully saturated rings. The zero-order valence-electron chi connectivity index (χ0n) is 10.3. The van der Waals surface area contributed by atoms with Crippen molar-refractivity contribution in [2.75, 3.05) is 6.61 Å². The Morgan fingerprint density at radius 1 is 1.27 bits per heavy atom. The van der Waals surface area contributed by atoms with Crippen molar-refractivity contribution in [2.45, 2.75) is 52.9 Å². The van der Waals surface area contributed by atoms with Crippen molar-refractivity contribution in [3.8, 4) is 0 Å². The van der Waals surface area contributed by atoms with Crippen molar-refractivity contribution in [3.05, 3.63) is 12.7 Å². The predicted octanol–water partition coefficient (Wildman–Crippen LogP) is 3.71. The highest BCUT2D eigenvalue weighted by molar-refractivity contribution is 5.70. The van der Waals surface area contributed by atoms with Crippen LogP contribution < -0.4 is 0 Å². The van der Waals surface area contributed by atoms with Crippen molar-refractivity contribution in [3.63, 3.8) is 0 Å². The van der Waals surface area contributed by atoms with Crippen LogP contribution in [0.25, 0.3) is 0 Å². The number of hydrogen-bond donors (Lipinski definition) is 0. The van der Waals surface area contributed by atoms with Crippen LogP contribution in [-0.2, 0) is 9.53 Å². The lowest BCUT2D eigenvalue weighted by Crippen LogP contribution is -2.23. The molecule has 0 aliphatic heterocycles. The molecular formula is C13H24O2. The molecule has 0 unspecified atom stereocenters. The minimum Gasteiger partial charge on any atom is -0.466 e. The fourth-order valence-corrected chi connectivity index (χ4v) is 2.07. The van der Waals surface area contributed by atoms with Crippen LogP contribution in [0.2, 0.25) is 0 Å². The van der Waals surface area contributed by atoms with Gasteiger partial charge in [0, 0.05) is 0 Å². The maximum atomic E-state index is 11.5. The number of carbonyl (C=O) groups is 1. The molecule has 2 nitrogen and oxygen atoms in total. The largest absolute Gasteiger partial charge is 0.466 e. The highest BCUT2D eigenvalue weighted by atomic mass is 16.5. The van der Waals surface area contributed by atoms with Gasteiger partial charge in [0.15, 0.2) is 0 Å². The summed E-state index contributed by atoms with van der Waals surface area (Å²) in [5.41, 5.74) is -0.0459. The monoisotopic (exact) mass is 212 g/mol. The quantitative estimate of drug-likeness (QED) is 0.453. The van der Waals surface area contributed by atoms with E-state index in [0.29, 0.717) is 13.0 Å². The molecule has 0 amide bonds. The lowest BCUT2D eigenvalue weighted by Gasteiger charge is -2.28. The Hall–Kier alpha value is -0.790. The summed E-state index contributed by atoms with van der Waals surface area (Å²) in [7, 11) is 0. The van der Waals surface area contributed by atoms with Gasteiger partial charge in [0.25, 0.3) is 0 Å². The van der Waals surface area contributed by atoms with Crippen LogP contribution >= 0.6 is 0 Å². The molecule has 0 N–H and O–H groups in total. The Labute approximate surface area is 93.7 Å². The molecule has 0 aromatic heterocycles. The van der Waals surface area contributed by atoms with Crippen LogP contribution in [0.1, 0.15) is 52.9 Å². The molecule has 0 aliphatic carbocycles. The van der Waals surface area contributed by atoms with Crippen molar-refractivity contribution in [1.29, 1.82) is 0 Å². The number of esters is 1. The van der Waals surface area contributed by atoms with E-state index in [1.807, 2.05) is 13.0 Å². The van der Waals surface area contributed by atoms with Gasteiger partial charge in [-0.25, -0.2) is 0 Å². The molecule has 0 bridgehead atoms. The fourth-order valence-electron chi connectivity index (χ4n) is 2.07. The number of ether oxygens (including phenoxy) is 1. The fraction of sp³-hybridized carbons (Fsp3) is 0.769. The normalized spacial score (nSPS) is 11.1. The van der Waals surface area contributed by atoms with Crippen LogP contribution in [-0.4, -0.2) is 12.6 Å². The van der Waals surface area contributed by atoms with Gasteiger partial charge in [-0.3, -0.25) is 4.79 Å². The minimum atomic E-state index is -0.0979. The first kappa shape index (κ1) is 14.2. The Balaban J connectivity index is 4.44. The Morgan fingerprint density at radius 3 is 2.13 bits per heavy atom. The molecule has 0 aromatic rings. The average molecular weight is 212 g/mol. The molecule has 0 rings (SSSR count). The number of carbonyl (C=O) groups excluding carboxylic acids is 1. The standard InChI is InChI=1S/C13H24O2/c1-5-9-13(7-3,10-6-2)11-12(14)15-8-4/h7H,3,5-6,8-11H2,1-2,4H3. The van der Waals surface area contributed by atoms with E-state index in [9.17, 15) is 4.79 Å². The molecule has 2 heteroatoms. The van der Waals surface area contributed by atoms with Crippen LogP contribution in [0.5, 0.6) is 0 Å². The van der Waals surface area contributed by atoms with Crippen LogP contribution in [0.4, 0.5) is 0 Å². The van der Waals surface area contributed by atoms with Crippen LogP contribution in [0.15, 0.2) is 12.7 Å². The summed E-state index contributed by atoms with van der Waals surface area (Å²) >= 11 is 0. The minimum absolute atomic E-state index is 0.0459. The molecular weight excluding hydrogens is 188 g/mol. The van der Waals surface area contributed by atoms with Gasteiger partial charge in [-0.15, -0.1) is 6.58 Å². The third-order valence-electron chi connectivity index (χ3n) is 2.73. The molecule has 0 spiro atoms. The SMILES string of the molecule is C=CC(CCC)(CCC)CC(=O)OCC. The lowest BCUT2D eigenvalue weighted by molar-refractivity contribution is -0.145. The highest BCUT2D eigenvalue weighted by Gasteiger charge is 2.28. The smallest absolute Gasteiger partial charge is 0.306 e. The van der Waals surface area contributed by atoms with E-state index in [-0.39, 0.29) is 11.4 Å². The van der Waals surface area contributed by atoms with E-state index < -0.39 is 0 Å². The Kier molecular flexibility index (Phi) is 7.10. The summed E-state index contributed by atoms with van der Waals surface area (Å²) in [5, 5.41) is 0. The van der Waals surface area contributed by atoms with Gasteiger partial charge < -0.3 is 4.74 Å². The van der Waals surface area contributed by atoms with Crippen LogP contribution in [0.3, 0.4) is 0 Å². The van der Waals surface area contributed by atoms with Gasteiger partial charge in [0.1, 0.15) is 0 Å². The second-order valence-electron chi connectivity index (χ2n) is 4.05. The van der Waals surface area contributed by atoms with Crippen LogP contribution in [0, 0.1) is 5.41 Å². The van der Waals surface area contributed by atoms with Gasteiger partial charge in [-0.2, -0.15) is 0 Å². The maximum Gasteiger partial charge on any atom is 0.306 e. The predicted molar refractivity (Wildman–Crippen MR) is 63.7 cm³/mol. The number of hydrogen-bond acceptors (Lipinski definition) is 2. The van der Waals surface area contributed by atoms with Gasteiger partial charge >= 0.3 is 5.97 Å². The zero-order chi connectivity index (χ0) is 11.7. The second-order valence-corrected chi connectivity index (χ2v) is 4.05. The van der Waals surface area contributed by atoms with E-state index >= 15 is 0 Å². The molecule has 0 radical (unpaired) electrons. The third kappa shape index (κ3) is 5.01. The first-order chi connectivity index (χ1) is 7.14. The molecule has 0 saturated heterocycles. The molecule has 0 heterocycles. The molecule has 0 saturated carbocycles. The van der Waals surface area contributed by atoms with E-state index in [2.05, 4.69) is 20.4 Å². The van der Waals surface area contributed by atoms with Crippen molar-refractivity contribution in [2.24, 2.45) is 5.41 Å². The summed E-state index contributed by atoms with van der Waals surface area (Å²) in [6, 6.07) is 0. The average Bonchev–Trinajstić information content (AvgIpc) is 2.18. The Bertz CT molecular complexity index is 191. The highest BCUT2D eigenvalue weighted by Crippen LogP contribution is 2.35. The van der Waals surface area contributed by atoms with E-state index in [0.717, 1.165) is 25.7 Å².